The highest BCUT2D eigenvalue weighted by atomic mass is 16.5. The van der Waals surface area contributed by atoms with E-state index in [2.05, 4.69) is 42.5 Å². The molecule has 29 heavy (non-hydrogen) atoms. The Morgan fingerprint density at radius 3 is 2.38 bits per heavy atom. The third kappa shape index (κ3) is 5.32. The van der Waals surface area contributed by atoms with Crippen LogP contribution >= 0.6 is 0 Å². The van der Waals surface area contributed by atoms with Crippen LogP contribution in [-0.2, 0) is 11.8 Å². The summed E-state index contributed by atoms with van der Waals surface area (Å²) in [5, 5.41) is 14.2. The van der Waals surface area contributed by atoms with Crippen molar-refractivity contribution in [2.24, 2.45) is 22.4 Å². The van der Waals surface area contributed by atoms with Crippen molar-refractivity contribution in [2.45, 2.75) is 52.1 Å². The zero-order chi connectivity index (χ0) is 21.8. The Morgan fingerprint density at radius 2 is 1.90 bits per heavy atom. The lowest BCUT2D eigenvalue weighted by Crippen LogP contribution is -2.31. The summed E-state index contributed by atoms with van der Waals surface area (Å²) in [7, 11) is 0. The third-order valence-electron chi connectivity index (χ3n) is 5.04. The molecule has 0 fully saturated rings. The number of hydrogen-bond acceptors (Lipinski definition) is 7. The summed E-state index contributed by atoms with van der Waals surface area (Å²) in [6.07, 6.45) is 3.36. The summed E-state index contributed by atoms with van der Waals surface area (Å²) >= 11 is 0. The average Bonchev–Trinajstić information content (AvgIpc) is 3.08. The van der Waals surface area contributed by atoms with E-state index in [1.807, 2.05) is 24.3 Å². The molecule has 0 saturated carbocycles. The lowest BCUT2D eigenvalue weighted by Gasteiger charge is -2.31. The van der Waals surface area contributed by atoms with E-state index in [0.29, 0.717) is 18.1 Å². The molecule has 156 valence electrons. The first-order valence-corrected chi connectivity index (χ1v) is 9.54. The molecule has 0 amide bonds. The number of aliphatic imine (C=N–C) groups is 1. The van der Waals surface area contributed by atoms with Crippen LogP contribution in [0.15, 0.2) is 52.4 Å². The molecule has 1 aromatic heterocycles. The van der Waals surface area contributed by atoms with Gasteiger partial charge in [-0.3, -0.25) is 0 Å². The van der Waals surface area contributed by atoms with Crippen molar-refractivity contribution in [3.63, 3.8) is 0 Å². The second-order valence-corrected chi connectivity index (χ2v) is 8.31. The zero-order valence-corrected chi connectivity index (χ0v) is 17.8. The summed E-state index contributed by atoms with van der Waals surface area (Å²) in [5.74, 6) is 1.43. The van der Waals surface area contributed by atoms with Gasteiger partial charge in [-0.05, 0) is 37.8 Å². The highest BCUT2D eigenvalue weighted by Gasteiger charge is 2.37. The predicted molar refractivity (Wildman–Crippen MR) is 116 cm³/mol. The summed E-state index contributed by atoms with van der Waals surface area (Å²) in [6.45, 7) is 13.3. The van der Waals surface area contributed by atoms with Crippen LogP contribution < -0.4 is 11.5 Å². The standard InChI is InChI=1S/C22H31N5O2/c1-14(2)22(6,20-26-19(29-27-20)11-21(4,5)28)18-9-7-16(8-10-18)17(12-23)13-25-15(3)24/h7-10,12-14,28H,3,11,23-24H2,1-2,4-6H3/b17-12+,25-13-. The Balaban J connectivity index is 2.39. The number of aliphatic hydroxyl groups is 1. The molecule has 1 heterocycles. The van der Waals surface area contributed by atoms with Crippen molar-refractivity contribution in [1.29, 1.82) is 0 Å². The fourth-order valence-electron chi connectivity index (χ4n) is 3.00. The van der Waals surface area contributed by atoms with Crippen LogP contribution in [0.5, 0.6) is 0 Å². The van der Waals surface area contributed by atoms with Gasteiger partial charge in [-0.15, -0.1) is 0 Å². The van der Waals surface area contributed by atoms with Gasteiger partial charge in [0, 0.05) is 18.0 Å². The maximum absolute atomic E-state index is 10.0. The van der Waals surface area contributed by atoms with Crippen LogP contribution in [0.2, 0.25) is 0 Å². The lowest BCUT2D eigenvalue weighted by atomic mass is 9.72. The highest BCUT2D eigenvalue weighted by Crippen LogP contribution is 2.37. The first-order valence-electron chi connectivity index (χ1n) is 9.54. The van der Waals surface area contributed by atoms with E-state index in [-0.39, 0.29) is 11.7 Å². The molecule has 1 atom stereocenters. The SMILES string of the molecule is C=C(N)/N=C\C(=C/N)c1ccc(C(C)(c2noc(CC(C)(C)O)n2)C(C)C)cc1. The van der Waals surface area contributed by atoms with Gasteiger partial charge in [-0.25, -0.2) is 4.99 Å². The lowest BCUT2D eigenvalue weighted by molar-refractivity contribution is 0.0718. The maximum atomic E-state index is 10.0. The Hall–Kier alpha value is -2.93. The summed E-state index contributed by atoms with van der Waals surface area (Å²) in [4.78, 5) is 8.58. The van der Waals surface area contributed by atoms with Gasteiger partial charge in [-0.1, -0.05) is 49.8 Å². The molecular weight excluding hydrogens is 366 g/mol. The first-order chi connectivity index (χ1) is 13.5. The van der Waals surface area contributed by atoms with E-state index in [0.717, 1.165) is 16.7 Å². The number of benzene rings is 1. The minimum Gasteiger partial charge on any atom is -0.404 e. The Labute approximate surface area is 172 Å². The molecule has 7 nitrogen and oxygen atoms in total. The van der Waals surface area contributed by atoms with Gasteiger partial charge < -0.3 is 21.1 Å². The van der Waals surface area contributed by atoms with Gasteiger partial charge in [0.1, 0.15) is 5.82 Å². The molecule has 0 aliphatic carbocycles. The van der Waals surface area contributed by atoms with E-state index < -0.39 is 11.0 Å². The van der Waals surface area contributed by atoms with Crippen LogP contribution in [0.4, 0.5) is 0 Å². The Morgan fingerprint density at radius 1 is 1.28 bits per heavy atom. The fourth-order valence-corrected chi connectivity index (χ4v) is 3.00. The van der Waals surface area contributed by atoms with Crippen molar-refractivity contribution in [3.8, 4) is 0 Å². The number of hydrogen-bond donors (Lipinski definition) is 3. The summed E-state index contributed by atoms with van der Waals surface area (Å²) < 4.78 is 5.41. The molecule has 0 aliphatic rings. The van der Waals surface area contributed by atoms with Crippen molar-refractivity contribution >= 4 is 11.8 Å². The molecule has 2 aromatic rings. The number of nitrogens with two attached hydrogens (primary N) is 2. The minimum absolute atomic E-state index is 0.201. The molecular formula is C22H31N5O2. The van der Waals surface area contributed by atoms with Crippen LogP contribution in [0.25, 0.3) is 5.57 Å². The Bertz CT molecular complexity index is 904. The third-order valence-corrected chi connectivity index (χ3v) is 5.04. The molecule has 1 aromatic carbocycles. The molecule has 2 rings (SSSR count). The largest absolute Gasteiger partial charge is 0.404 e. The molecule has 0 saturated heterocycles. The van der Waals surface area contributed by atoms with E-state index in [4.69, 9.17) is 16.0 Å². The van der Waals surface area contributed by atoms with Gasteiger partial charge in [0.15, 0.2) is 5.82 Å². The van der Waals surface area contributed by atoms with Gasteiger partial charge >= 0.3 is 0 Å². The molecule has 0 radical (unpaired) electrons. The van der Waals surface area contributed by atoms with Crippen molar-refractivity contribution in [1.82, 2.24) is 10.1 Å². The van der Waals surface area contributed by atoms with Crippen molar-refractivity contribution in [2.75, 3.05) is 0 Å². The monoisotopic (exact) mass is 397 g/mol. The predicted octanol–water partition coefficient (Wildman–Crippen LogP) is 3.15. The van der Waals surface area contributed by atoms with Gasteiger partial charge in [0.2, 0.25) is 5.89 Å². The number of nitrogens with zero attached hydrogens (tertiary/aromatic N) is 3. The topological polar surface area (TPSA) is 124 Å². The first kappa shape index (κ1) is 22.4. The quantitative estimate of drug-likeness (QED) is 0.588. The number of aromatic nitrogens is 2. The molecule has 1 unspecified atom stereocenters. The normalized spacial score (nSPS) is 15.1. The minimum atomic E-state index is -0.916. The van der Waals surface area contributed by atoms with Crippen LogP contribution in [0.3, 0.4) is 0 Å². The number of rotatable bonds is 8. The molecule has 0 spiro atoms. The van der Waals surface area contributed by atoms with Gasteiger partial charge in [0.25, 0.3) is 0 Å². The summed E-state index contributed by atoms with van der Waals surface area (Å²) in [5.41, 5.74) is 12.5. The molecule has 0 aliphatic heterocycles. The van der Waals surface area contributed by atoms with Crippen LogP contribution in [-0.4, -0.2) is 27.1 Å². The smallest absolute Gasteiger partial charge is 0.229 e. The second-order valence-electron chi connectivity index (χ2n) is 8.31. The van der Waals surface area contributed by atoms with E-state index in [1.165, 1.54) is 6.20 Å². The average molecular weight is 398 g/mol. The van der Waals surface area contributed by atoms with Gasteiger partial charge in [0.05, 0.1) is 17.4 Å². The van der Waals surface area contributed by atoms with E-state index in [1.54, 1.807) is 20.1 Å². The zero-order valence-electron chi connectivity index (χ0n) is 17.8. The molecule has 0 bridgehead atoms. The highest BCUT2D eigenvalue weighted by molar-refractivity contribution is 6.09. The molecule has 5 N–H and O–H groups in total. The Kier molecular flexibility index (Phi) is 6.64. The molecule has 7 heteroatoms. The van der Waals surface area contributed by atoms with E-state index in [9.17, 15) is 5.11 Å². The van der Waals surface area contributed by atoms with Crippen molar-refractivity contribution in [3.05, 3.63) is 65.7 Å². The number of allylic oxidation sites excluding steroid dienone is 1. The maximum Gasteiger partial charge on any atom is 0.229 e. The fraction of sp³-hybridized carbons (Fsp3) is 0.409. The van der Waals surface area contributed by atoms with E-state index >= 15 is 0 Å². The van der Waals surface area contributed by atoms with Gasteiger partial charge in [-0.2, -0.15) is 4.98 Å². The summed E-state index contributed by atoms with van der Waals surface area (Å²) in [6, 6.07) is 7.99. The van der Waals surface area contributed by atoms with Crippen LogP contribution in [0.1, 0.15) is 57.5 Å². The second kappa shape index (κ2) is 8.61. The van der Waals surface area contributed by atoms with Crippen LogP contribution in [0, 0.1) is 5.92 Å². The van der Waals surface area contributed by atoms with Crippen molar-refractivity contribution < 1.29 is 9.63 Å².